The van der Waals surface area contributed by atoms with E-state index in [9.17, 15) is 13.2 Å². The quantitative estimate of drug-likeness (QED) is 0.384. The van der Waals surface area contributed by atoms with Crippen molar-refractivity contribution in [3.8, 4) is 0 Å². The number of sulfonamides is 1. The van der Waals surface area contributed by atoms with E-state index in [4.69, 9.17) is 11.1 Å². The molecule has 0 radical (unpaired) electrons. The zero-order chi connectivity index (χ0) is 19.4. The van der Waals surface area contributed by atoms with Crippen LogP contribution in [0.25, 0.3) is 10.8 Å². The van der Waals surface area contributed by atoms with E-state index in [0.717, 1.165) is 10.8 Å². The maximum Gasteiger partial charge on any atom is 0.241 e. The van der Waals surface area contributed by atoms with Crippen LogP contribution in [0, 0.1) is 5.41 Å². The van der Waals surface area contributed by atoms with Gasteiger partial charge in [0, 0.05) is 11.3 Å². The zero-order valence-corrected chi connectivity index (χ0v) is 15.1. The van der Waals surface area contributed by atoms with Crippen molar-refractivity contribution in [2.24, 2.45) is 5.73 Å². The molecule has 0 atom stereocenters. The lowest BCUT2D eigenvalue weighted by Crippen LogP contribution is -2.33. The number of nitrogens with one attached hydrogen (secondary N) is 3. The van der Waals surface area contributed by atoms with Gasteiger partial charge in [-0.1, -0.05) is 42.5 Å². The molecular formula is C19H18N4O3S. The van der Waals surface area contributed by atoms with Crippen LogP contribution in [0.3, 0.4) is 0 Å². The van der Waals surface area contributed by atoms with Crippen LogP contribution in [0.2, 0.25) is 0 Å². The second kappa shape index (κ2) is 7.56. The van der Waals surface area contributed by atoms with Gasteiger partial charge in [0.1, 0.15) is 5.84 Å². The van der Waals surface area contributed by atoms with Crippen LogP contribution >= 0.6 is 0 Å². The lowest BCUT2D eigenvalue weighted by Gasteiger charge is -2.09. The van der Waals surface area contributed by atoms with Crippen molar-refractivity contribution in [2.75, 3.05) is 11.9 Å². The highest BCUT2D eigenvalue weighted by Gasteiger charge is 2.16. The molecule has 0 heterocycles. The molecule has 8 heteroatoms. The van der Waals surface area contributed by atoms with Gasteiger partial charge in [0.05, 0.1) is 11.4 Å². The summed E-state index contributed by atoms with van der Waals surface area (Å²) in [6, 6.07) is 18.8. The maximum absolute atomic E-state index is 12.3. The fourth-order valence-electron chi connectivity index (χ4n) is 2.55. The Kier molecular flexibility index (Phi) is 5.20. The third-order valence-electron chi connectivity index (χ3n) is 3.91. The van der Waals surface area contributed by atoms with Crippen LogP contribution in [0.1, 0.15) is 5.56 Å². The number of amides is 1. The molecule has 3 aromatic rings. The molecule has 27 heavy (non-hydrogen) atoms. The molecule has 0 aromatic heterocycles. The van der Waals surface area contributed by atoms with E-state index < -0.39 is 22.5 Å². The van der Waals surface area contributed by atoms with Crippen molar-refractivity contribution in [3.05, 3.63) is 72.3 Å². The van der Waals surface area contributed by atoms with Gasteiger partial charge in [-0.05, 0) is 35.0 Å². The topological polar surface area (TPSA) is 125 Å². The largest absolute Gasteiger partial charge is 0.384 e. The van der Waals surface area contributed by atoms with Gasteiger partial charge in [-0.25, -0.2) is 13.1 Å². The van der Waals surface area contributed by atoms with Crippen LogP contribution < -0.4 is 15.8 Å². The highest BCUT2D eigenvalue weighted by molar-refractivity contribution is 7.89. The first-order valence-electron chi connectivity index (χ1n) is 8.08. The average molecular weight is 382 g/mol. The molecule has 0 aliphatic rings. The molecule has 0 bridgehead atoms. The molecule has 3 aromatic carbocycles. The molecule has 7 nitrogen and oxygen atoms in total. The van der Waals surface area contributed by atoms with Crippen LogP contribution in [-0.2, 0) is 14.8 Å². The molecule has 138 valence electrons. The number of nitrogens with two attached hydrogens (primary N) is 1. The van der Waals surface area contributed by atoms with Gasteiger partial charge in [0.2, 0.25) is 15.9 Å². The Morgan fingerprint density at radius 1 is 0.963 bits per heavy atom. The maximum atomic E-state index is 12.3. The number of hydrogen-bond donors (Lipinski definition) is 4. The summed E-state index contributed by atoms with van der Waals surface area (Å²) in [6.45, 7) is -0.417. The fraction of sp³-hybridized carbons (Fsp3) is 0.0526. The van der Waals surface area contributed by atoms with Crippen molar-refractivity contribution in [2.45, 2.75) is 4.90 Å². The number of benzene rings is 3. The number of fused-ring (bicyclic) bond motifs is 1. The Morgan fingerprint density at radius 3 is 2.44 bits per heavy atom. The standard InChI is InChI=1S/C19H18N4O3S/c20-19(21)15-6-3-7-17(11-15)27(25,26)22-12-18(24)23-16-9-8-13-4-1-2-5-14(13)10-16/h1-11,22H,12H2,(H3,20,21)(H,23,24). The van der Waals surface area contributed by atoms with E-state index in [2.05, 4.69) is 10.0 Å². The van der Waals surface area contributed by atoms with E-state index in [1.807, 2.05) is 36.4 Å². The van der Waals surface area contributed by atoms with Gasteiger partial charge in [-0.15, -0.1) is 0 Å². The first-order chi connectivity index (χ1) is 12.8. The summed E-state index contributed by atoms with van der Waals surface area (Å²) in [7, 11) is -3.90. The van der Waals surface area contributed by atoms with E-state index in [1.54, 1.807) is 6.07 Å². The summed E-state index contributed by atoms with van der Waals surface area (Å²) in [4.78, 5) is 12.0. The van der Waals surface area contributed by atoms with E-state index in [-0.39, 0.29) is 10.7 Å². The molecule has 0 fully saturated rings. The minimum Gasteiger partial charge on any atom is -0.384 e. The Labute approximate surface area is 156 Å². The number of carbonyl (C=O) groups excluding carboxylic acids is 1. The van der Waals surface area contributed by atoms with Crippen molar-refractivity contribution in [3.63, 3.8) is 0 Å². The van der Waals surface area contributed by atoms with E-state index >= 15 is 0 Å². The van der Waals surface area contributed by atoms with Crippen molar-refractivity contribution < 1.29 is 13.2 Å². The molecule has 0 saturated carbocycles. The zero-order valence-electron chi connectivity index (χ0n) is 14.3. The van der Waals surface area contributed by atoms with Crippen LogP contribution in [-0.4, -0.2) is 26.7 Å². The van der Waals surface area contributed by atoms with Gasteiger partial charge in [0.15, 0.2) is 0 Å². The number of hydrogen-bond acceptors (Lipinski definition) is 4. The van der Waals surface area contributed by atoms with E-state index in [0.29, 0.717) is 11.3 Å². The first-order valence-corrected chi connectivity index (χ1v) is 9.56. The molecule has 0 aliphatic heterocycles. The van der Waals surface area contributed by atoms with Crippen molar-refractivity contribution in [1.29, 1.82) is 5.41 Å². The summed E-state index contributed by atoms with van der Waals surface area (Å²) in [5.41, 5.74) is 6.25. The number of nitrogen functional groups attached to an aromatic ring is 1. The van der Waals surface area contributed by atoms with Gasteiger partial charge in [-0.3, -0.25) is 10.2 Å². The summed E-state index contributed by atoms with van der Waals surface area (Å²) >= 11 is 0. The van der Waals surface area contributed by atoms with Gasteiger partial charge in [-0.2, -0.15) is 0 Å². The normalized spacial score (nSPS) is 11.3. The van der Waals surface area contributed by atoms with Crippen molar-refractivity contribution in [1.82, 2.24) is 4.72 Å². The lowest BCUT2D eigenvalue weighted by atomic mass is 10.1. The Morgan fingerprint density at radius 2 is 1.70 bits per heavy atom. The molecule has 0 unspecified atom stereocenters. The second-order valence-corrected chi connectivity index (χ2v) is 7.64. The Hall–Kier alpha value is -3.23. The molecule has 0 aliphatic carbocycles. The third kappa shape index (κ3) is 4.49. The molecule has 0 saturated heterocycles. The summed E-state index contributed by atoms with van der Waals surface area (Å²) in [5.74, 6) is -0.724. The smallest absolute Gasteiger partial charge is 0.241 e. The molecule has 1 amide bonds. The molecule has 5 N–H and O–H groups in total. The SMILES string of the molecule is N=C(N)c1cccc(S(=O)(=O)NCC(=O)Nc2ccc3ccccc3c2)c1. The molecule has 3 rings (SSSR count). The number of anilines is 1. The van der Waals surface area contributed by atoms with Gasteiger partial charge in [0.25, 0.3) is 0 Å². The average Bonchev–Trinajstić information content (AvgIpc) is 2.66. The third-order valence-corrected chi connectivity index (χ3v) is 5.31. The van der Waals surface area contributed by atoms with Crippen molar-refractivity contribution >= 4 is 38.2 Å². The highest BCUT2D eigenvalue weighted by Crippen LogP contribution is 2.18. The fourth-order valence-corrected chi connectivity index (χ4v) is 3.57. The van der Waals surface area contributed by atoms with Crippen LogP contribution in [0.5, 0.6) is 0 Å². The summed E-state index contributed by atoms with van der Waals surface area (Å²) in [5, 5.41) is 12.1. The minimum absolute atomic E-state index is 0.0614. The summed E-state index contributed by atoms with van der Waals surface area (Å²) < 4.78 is 26.9. The minimum atomic E-state index is -3.90. The molecule has 0 spiro atoms. The first kappa shape index (κ1) is 18.6. The number of rotatable bonds is 6. The number of carbonyl (C=O) groups is 1. The van der Waals surface area contributed by atoms with Gasteiger partial charge >= 0.3 is 0 Å². The molecular weight excluding hydrogens is 364 g/mol. The predicted octanol–water partition coefficient (Wildman–Crippen LogP) is 2.04. The highest BCUT2D eigenvalue weighted by atomic mass is 32.2. The summed E-state index contributed by atoms with van der Waals surface area (Å²) in [6.07, 6.45) is 0. The van der Waals surface area contributed by atoms with Gasteiger partial charge < -0.3 is 11.1 Å². The van der Waals surface area contributed by atoms with E-state index in [1.165, 1.54) is 24.3 Å². The van der Waals surface area contributed by atoms with Crippen LogP contribution in [0.4, 0.5) is 5.69 Å². The van der Waals surface area contributed by atoms with Crippen LogP contribution in [0.15, 0.2) is 71.6 Å². The Balaban J connectivity index is 1.67. The predicted molar refractivity (Wildman–Crippen MR) is 105 cm³/mol. The monoisotopic (exact) mass is 382 g/mol. The number of amidine groups is 1. The Bertz CT molecular complexity index is 1130. The lowest BCUT2D eigenvalue weighted by molar-refractivity contribution is -0.115. The second-order valence-electron chi connectivity index (χ2n) is 5.88.